The molecule has 0 radical (unpaired) electrons. The zero-order valence-electron chi connectivity index (χ0n) is 21.6. The van der Waals surface area contributed by atoms with E-state index >= 15 is 0 Å². The highest BCUT2D eigenvalue weighted by molar-refractivity contribution is 6.08. The van der Waals surface area contributed by atoms with Gasteiger partial charge in [0.25, 0.3) is 5.69 Å². The Labute approximate surface area is 216 Å². The van der Waals surface area contributed by atoms with Crippen LogP contribution in [0.15, 0.2) is 39.2 Å². The number of hydrogen-bond donors (Lipinski definition) is 1. The first kappa shape index (κ1) is 26.6. The average Bonchev–Trinajstić information content (AvgIpc) is 3.26. The Balaban J connectivity index is 1.49. The van der Waals surface area contributed by atoms with Gasteiger partial charge < -0.3 is 19.8 Å². The molecule has 200 valence electrons. The summed E-state index contributed by atoms with van der Waals surface area (Å²) < 4.78 is 0. The summed E-state index contributed by atoms with van der Waals surface area (Å²) in [4.78, 5) is 46.8. The van der Waals surface area contributed by atoms with E-state index in [1.165, 1.54) is 12.1 Å². The number of nitro groups is 1. The van der Waals surface area contributed by atoms with Gasteiger partial charge in [-0.15, -0.1) is 0 Å². The topological polar surface area (TPSA) is 134 Å². The van der Waals surface area contributed by atoms with Crippen LogP contribution in [-0.2, 0) is 11.3 Å². The number of piperazine rings is 1. The number of non-ortho nitro benzene ring substituents is 1. The number of likely N-dealkylation sites (N-methyl/N-ethyl adjacent to an activating group) is 1. The van der Waals surface area contributed by atoms with Crippen molar-refractivity contribution in [3.05, 3.63) is 39.9 Å². The molecular weight excluding hydrogens is 478 g/mol. The number of guanidine groups is 1. The van der Waals surface area contributed by atoms with E-state index in [1.54, 1.807) is 30.4 Å². The van der Waals surface area contributed by atoms with Crippen molar-refractivity contribution in [1.29, 1.82) is 0 Å². The number of hydrogen-bond acceptors (Lipinski definition) is 11. The fraction of sp³-hybridized carbons (Fsp3) is 0.583. The minimum atomic E-state index is -0.931. The van der Waals surface area contributed by atoms with Crippen molar-refractivity contribution in [1.82, 2.24) is 24.5 Å². The molecule has 1 aromatic rings. The van der Waals surface area contributed by atoms with E-state index in [4.69, 9.17) is 9.98 Å². The maximum Gasteiger partial charge on any atom is 0.317 e. The first-order valence-corrected chi connectivity index (χ1v) is 12.4. The quantitative estimate of drug-likeness (QED) is 0.350. The number of carboxylic acids is 1. The summed E-state index contributed by atoms with van der Waals surface area (Å²) in [6.45, 7) is 5.81. The number of nitro benzene ring substituents is 1. The second-order valence-electron chi connectivity index (χ2n) is 9.87. The van der Waals surface area contributed by atoms with Crippen LogP contribution in [0.25, 0.3) is 0 Å². The van der Waals surface area contributed by atoms with Gasteiger partial charge in [-0.25, -0.2) is 4.99 Å². The van der Waals surface area contributed by atoms with Crippen molar-refractivity contribution >= 4 is 29.8 Å². The molecule has 1 saturated heterocycles. The van der Waals surface area contributed by atoms with Gasteiger partial charge in [-0.05, 0) is 46.2 Å². The van der Waals surface area contributed by atoms with Gasteiger partial charge in [-0.2, -0.15) is 4.99 Å². The van der Waals surface area contributed by atoms with Crippen molar-refractivity contribution in [3.63, 3.8) is 0 Å². The summed E-state index contributed by atoms with van der Waals surface area (Å²) in [5, 5.41) is 20.4. The van der Waals surface area contributed by atoms with Crippen LogP contribution in [0.4, 0.5) is 5.69 Å². The van der Waals surface area contributed by atoms with Crippen LogP contribution in [0.5, 0.6) is 0 Å². The molecule has 1 N–H and O–H groups in total. The van der Waals surface area contributed by atoms with Crippen LogP contribution < -0.4 is 0 Å². The van der Waals surface area contributed by atoms with Gasteiger partial charge in [0.05, 0.1) is 24.4 Å². The number of nitrogens with zero attached hydrogens (tertiary/aromatic N) is 9. The van der Waals surface area contributed by atoms with Gasteiger partial charge in [-0.3, -0.25) is 29.7 Å². The molecule has 0 aromatic heterocycles. The van der Waals surface area contributed by atoms with Crippen LogP contribution in [0.2, 0.25) is 0 Å². The number of aliphatic imine (C=N–C) groups is 3. The lowest BCUT2D eigenvalue weighted by Gasteiger charge is -2.38. The number of benzene rings is 1. The molecule has 0 spiro atoms. The van der Waals surface area contributed by atoms with Crippen molar-refractivity contribution in [2.45, 2.75) is 25.2 Å². The van der Waals surface area contributed by atoms with Crippen molar-refractivity contribution in [2.75, 3.05) is 67.0 Å². The molecular formula is C24H35N9O4. The molecule has 13 heteroatoms. The van der Waals surface area contributed by atoms with E-state index in [9.17, 15) is 20.0 Å². The van der Waals surface area contributed by atoms with Crippen LogP contribution in [0.1, 0.15) is 12.0 Å². The predicted octanol–water partition coefficient (Wildman–Crippen LogP) is 0.487. The molecule has 3 aliphatic heterocycles. The standard InChI is InChI=1S/C24H35N9O4/c1-28(2)9-4-10-30-11-13-31(14-12-30)24-26-22(29(3)16-20(34)35)21-23(27-24)32(17-25-21)15-18-5-7-19(8-6-18)33(36)37/h5-8,17,21-22H,4,9-16H2,1-3H3,(H,34,35). The number of rotatable bonds is 10. The van der Waals surface area contributed by atoms with E-state index in [0.717, 1.165) is 51.3 Å². The first-order chi connectivity index (χ1) is 17.7. The summed E-state index contributed by atoms with van der Waals surface area (Å²) >= 11 is 0. The lowest BCUT2D eigenvalue weighted by Crippen LogP contribution is -2.54. The fourth-order valence-corrected chi connectivity index (χ4v) is 4.73. The number of fused-ring (bicyclic) bond motifs is 1. The number of carbonyl (C=O) groups is 1. The Hall–Kier alpha value is -3.42. The molecule has 2 unspecified atom stereocenters. The van der Waals surface area contributed by atoms with Crippen molar-refractivity contribution < 1.29 is 14.8 Å². The molecule has 37 heavy (non-hydrogen) atoms. The molecule has 1 fully saturated rings. The van der Waals surface area contributed by atoms with Gasteiger partial charge in [0, 0.05) is 38.3 Å². The fourth-order valence-electron chi connectivity index (χ4n) is 4.73. The molecule has 0 amide bonds. The normalized spacial score (nSPS) is 21.9. The number of carboxylic acid groups (broad SMARTS) is 1. The molecule has 2 atom stereocenters. The van der Waals surface area contributed by atoms with Gasteiger partial charge in [0.15, 0.2) is 0 Å². The van der Waals surface area contributed by atoms with Gasteiger partial charge >= 0.3 is 5.97 Å². The van der Waals surface area contributed by atoms with Crippen LogP contribution in [0, 0.1) is 10.1 Å². The monoisotopic (exact) mass is 513 g/mol. The minimum absolute atomic E-state index is 0.0392. The minimum Gasteiger partial charge on any atom is -0.480 e. The third-order valence-corrected chi connectivity index (χ3v) is 6.74. The third-order valence-electron chi connectivity index (χ3n) is 6.74. The molecule has 0 saturated carbocycles. The third kappa shape index (κ3) is 6.67. The van der Waals surface area contributed by atoms with E-state index in [0.29, 0.717) is 18.3 Å². The number of aliphatic carboxylic acids is 1. The highest BCUT2D eigenvalue weighted by Crippen LogP contribution is 2.24. The molecule has 3 heterocycles. The van der Waals surface area contributed by atoms with Crippen molar-refractivity contribution in [3.8, 4) is 0 Å². The van der Waals surface area contributed by atoms with Crippen LogP contribution in [-0.4, -0.2) is 138 Å². The Morgan fingerprint density at radius 1 is 1.16 bits per heavy atom. The lowest BCUT2D eigenvalue weighted by molar-refractivity contribution is -0.384. The average molecular weight is 514 g/mol. The maximum atomic E-state index is 11.4. The molecule has 13 nitrogen and oxygen atoms in total. The summed E-state index contributed by atoms with van der Waals surface area (Å²) in [6.07, 6.45) is 2.33. The molecule has 3 aliphatic rings. The summed E-state index contributed by atoms with van der Waals surface area (Å²) in [7, 11) is 5.90. The van der Waals surface area contributed by atoms with E-state index in [1.807, 2.05) is 4.90 Å². The SMILES string of the molecule is CN(C)CCCN1CCN(C2=NC(N(C)CC(=O)O)C3N=CN(Cc4ccc([N+](=O)[O-])cc4)C3=N2)CC1. The van der Waals surface area contributed by atoms with E-state index in [2.05, 4.69) is 33.8 Å². The van der Waals surface area contributed by atoms with Gasteiger partial charge in [-0.1, -0.05) is 12.1 Å². The lowest BCUT2D eigenvalue weighted by atomic mass is 10.1. The Morgan fingerprint density at radius 2 is 1.86 bits per heavy atom. The maximum absolute atomic E-state index is 11.4. The zero-order chi connectivity index (χ0) is 26.5. The summed E-state index contributed by atoms with van der Waals surface area (Å²) in [6, 6.07) is 6.00. The first-order valence-electron chi connectivity index (χ1n) is 12.4. The van der Waals surface area contributed by atoms with E-state index < -0.39 is 23.1 Å². The molecule has 4 rings (SSSR count). The Kier molecular flexibility index (Phi) is 8.46. The second-order valence-corrected chi connectivity index (χ2v) is 9.87. The summed E-state index contributed by atoms with van der Waals surface area (Å²) in [5.74, 6) is 0.374. The zero-order valence-corrected chi connectivity index (χ0v) is 21.6. The molecule has 1 aromatic carbocycles. The summed E-state index contributed by atoms with van der Waals surface area (Å²) in [5.41, 5.74) is 0.920. The highest BCUT2D eigenvalue weighted by atomic mass is 16.6. The predicted molar refractivity (Wildman–Crippen MR) is 141 cm³/mol. The number of amidine groups is 1. The van der Waals surface area contributed by atoms with Crippen LogP contribution in [0.3, 0.4) is 0 Å². The molecule has 0 bridgehead atoms. The van der Waals surface area contributed by atoms with Crippen molar-refractivity contribution in [2.24, 2.45) is 15.0 Å². The second kappa shape index (κ2) is 11.8. The Morgan fingerprint density at radius 3 is 2.49 bits per heavy atom. The van der Waals surface area contributed by atoms with Gasteiger partial charge in [0.1, 0.15) is 18.0 Å². The smallest absolute Gasteiger partial charge is 0.317 e. The van der Waals surface area contributed by atoms with Gasteiger partial charge in [0.2, 0.25) is 5.96 Å². The van der Waals surface area contributed by atoms with Crippen LogP contribution >= 0.6 is 0 Å². The van der Waals surface area contributed by atoms with E-state index in [-0.39, 0.29) is 12.2 Å². The molecule has 0 aliphatic carbocycles. The Bertz CT molecular complexity index is 1060. The largest absolute Gasteiger partial charge is 0.480 e. The highest BCUT2D eigenvalue weighted by Gasteiger charge is 2.40.